The summed E-state index contributed by atoms with van der Waals surface area (Å²) in [7, 11) is 0. The molecule has 0 saturated carbocycles. The van der Waals surface area contributed by atoms with Crippen molar-refractivity contribution in [2.45, 2.75) is 32.6 Å². The third-order valence-electron chi connectivity index (χ3n) is 3.76. The molecule has 0 saturated heterocycles. The maximum Gasteiger partial charge on any atom is -0.0184 e. The normalized spacial score (nSPS) is 18.9. The monoisotopic (exact) mass is 222 g/mol. The highest BCUT2D eigenvalue weighted by Gasteiger charge is 2.20. The molecule has 2 aliphatic carbocycles. The number of fused-ring (bicyclic) bond motifs is 1. The van der Waals surface area contributed by atoms with Gasteiger partial charge in [-0.05, 0) is 53.5 Å². The molecule has 0 bridgehead atoms. The summed E-state index contributed by atoms with van der Waals surface area (Å²) in [5, 5.41) is 0. The van der Waals surface area contributed by atoms with Gasteiger partial charge in [-0.1, -0.05) is 49.4 Å². The molecule has 0 heteroatoms. The fourth-order valence-corrected chi connectivity index (χ4v) is 2.84. The molecule has 1 aromatic rings. The summed E-state index contributed by atoms with van der Waals surface area (Å²) in [6.45, 7) is 2.24. The first-order chi connectivity index (χ1) is 8.38. The average Bonchev–Trinajstić information content (AvgIpc) is 2.82. The Labute approximate surface area is 103 Å². The lowest BCUT2D eigenvalue weighted by Crippen LogP contribution is -1.99. The molecule has 1 aromatic carbocycles. The van der Waals surface area contributed by atoms with Crippen molar-refractivity contribution in [2.24, 2.45) is 0 Å². The molecule has 2 aliphatic rings. The Morgan fingerprint density at radius 1 is 1.00 bits per heavy atom. The van der Waals surface area contributed by atoms with E-state index >= 15 is 0 Å². The van der Waals surface area contributed by atoms with Crippen LogP contribution in [0.1, 0.15) is 38.2 Å². The Morgan fingerprint density at radius 3 is 2.59 bits per heavy atom. The Hall–Kier alpha value is -1.56. The van der Waals surface area contributed by atoms with Gasteiger partial charge in [0.15, 0.2) is 0 Å². The molecule has 0 unspecified atom stereocenters. The lowest BCUT2D eigenvalue weighted by molar-refractivity contribution is 0.826. The van der Waals surface area contributed by atoms with E-state index in [4.69, 9.17) is 0 Å². The number of rotatable bonds is 2. The van der Waals surface area contributed by atoms with E-state index < -0.39 is 0 Å². The van der Waals surface area contributed by atoms with Gasteiger partial charge in [0.05, 0.1) is 0 Å². The van der Waals surface area contributed by atoms with E-state index in [9.17, 15) is 0 Å². The zero-order valence-electron chi connectivity index (χ0n) is 10.4. The van der Waals surface area contributed by atoms with Crippen LogP contribution in [0.3, 0.4) is 0 Å². The zero-order chi connectivity index (χ0) is 11.7. The molecule has 0 spiro atoms. The molecule has 17 heavy (non-hydrogen) atoms. The molecular formula is C17H18. The maximum absolute atomic E-state index is 2.40. The number of hydrogen-bond acceptors (Lipinski definition) is 0. The summed E-state index contributed by atoms with van der Waals surface area (Å²) in [6, 6.07) is 10.9. The van der Waals surface area contributed by atoms with Crippen LogP contribution in [0.5, 0.6) is 0 Å². The van der Waals surface area contributed by atoms with E-state index in [1.807, 2.05) is 0 Å². The highest BCUT2D eigenvalue weighted by atomic mass is 14.2. The van der Waals surface area contributed by atoms with E-state index in [-0.39, 0.29) is 0 Å². The van der Waals surface area contributed by atoms with Gasteiger partial charge in [-0.2, -0.15) is 0 Å². The van der Waals surface area contributed by atoms with Gasteiger partial charge in [0, 0.05) is 0 Å². The lowest BCUT2D eigenvalue weighted by Gasteiger charge is -2.19. The second kappa shape index (κ2) is 4.37. The van der Waals surface area contributed by atoms with Crippen LogP contribution in [0.25, 0.3) is 5.57 Å². The summed E-state index contributed by atoms with van der Waals surface area (Å²) in [5.41, 5.74) is 7.52. The minimum Gasteiger partial charge on any atom is -0.0622 e. The Morgan fingerprint density at radius 2 is 1.82 bits per heavy atom. The van der Waals surface area contributed by atoms with Crippen molar-refractivity contribution in [1.29, 1.82) is 0 Å². The van der Waals surface area contributed by atoms with Crippen LogP contribution in [-0.4, -0.2) is 0 Å². The summed E-state index contributed by atoms with van der Waals surface area (Å²) < 4.78 is 0. The van der Waals surface area contributed by atoms with Crippen molar-refractivity contribution >= 4 is 5.57 Å². The molecule has 0 nitrogen and oxygen atoms in total. The van der Waals surface area contributed by atoms with Crippen LogP contribution in [0.2, 0.25) is 0 Å². The summed E-state index contributed by atoms with van der Waals surface area (Å²) in [5.74, 6) is 0. The van der Waals surface area contributed by atoms with E-state index in [2.05, 4.69) is 49.4 Å². The summed E-state index contributed by atoms with van der Waals surface area (Å²) >= 11 is 0. The molecule has 0 atom stereocenters. The summed E-state index contributed by atoms with van der Waals surface area (Å²) in [6.07, 6.45) is 9.73. The van der Waals surface area contributed by atoms with Crippen molar-refractivity contribution in [3.63, 3.8) is 0 Å². The third-order valence-corrected chi connectivity index (χ3v) is 3.76. The first-order valence-corrected chi connectivity index (χ1v) is 6.58. The maximum atomic E-state index is 2.40. The highest BCUT2D eigenvalue weighted by Crippen LogP contribution is 2.40. The van der Waals surface area contributed by atoms with Crippen LogP contribution < -0.4 is 0 Å². The predicted octanol–water partition coefficient (Wildman–Crippen LogP) is 4.90. The van der Waals surface area contributed by atoms with Crippen molar-refractivity contribution in [3.8, 4) is 0 Å². The number of allylic oxidation sites excluding steroid dienone is 6. The molecular weight excluding hydrogens is 204 g/mol. The van der Waals surface area contributed by atoms with Crippen molar-refractivity contribution in [3.05, 3.63) is 64.8 Å². The standard InChI is InChI=1S/C17H18/c1-2-13-11-15-9-6-10-16(17(15)12-13)14-7-4-3-5-8-14/h3-5,7-8,11-12H,2,6,9-10H2,1H3. The smallest absolute Gasteiger partial charge is 0.0184 e. The molecule has 0 radical (unpaired) electrons. The Kier molecular flexibility index (Phi) is 2.72. The molecule has 0 fully saturated rings. The van der Waals surface area contributed by atoms with Gasteiger partial charge in [-0.15, -0.1) is 0 Å². The van der Waals surface area contributed by atoms with Crippen LogP contribution in [0.15, 0.2) is 59.2 Å². The van der Waals surface area contributed by atoms with Gasteiger partial charge in [0.25, 0.3) is 0 Å². The van der Waals surface area contributed by atoms with Crippen LogP contribution in [-0.2, 0) is 0 Å². The Balaban J connectivity index is 2.10. The topological polar surface area (TPSA) is 0 Å². The van der Waals surface area contributed by atoms with Crippen LogP contribution in [0.4, 0.5) is 0 Å². The molecule has 3 rings (SSSR count). The first-order valence-electron chi connectivity index (χ1n) is 6.58. The van der Waals surface area contributed by atoms with E-state index in [0.29, 0.717) is 0 Å². The van der Waals surface area contributed by atoms with Gasteiger partial charge in [0.2, 0.25) is 0 Å². The van der Waals surface area contributed by atoms with Gasteiger partial charge >= 0.3 is 0 Å². The minimum atomic E-state index is 1.15. The van der Waals surface area contributed by atoms with Gasteiger partial charge < -0.3 is 0 Å². The lowest BCUT2D eigenvalue weighted by atomic mass is 9.85. The molecule has 0 amide bonds. The van der Waals surface area contributed by atoms with E-state index in [1.165, 1.54) is 36.0 Å². The average molecular weight is 222 g/mol. The molecule has 0 heterocycles. The molecule has 0 N–H and O–H groups in total. The molecule has 0 aliphatic heterocycles. The van der Waals surface area contributed by atoms with Crippen LogP contribution in [0, 0.1) is 0 Å². The fraction of sp³-hybridized carbons (Fsp3) is 0.294. The molecule has 0 aromatic heterocycles. The predicted molar refractivity (Wildman–Crippen MR) is 73.7 cm³/mol. The summed E-state index contributed by atoms with van der Waals surface area (Å²) in [4.78, 5) is 0. The van der Waals surface area contributed by atoms with Gasteiger partial charge in [0.1, 0.15) is 0 Å². The highest BCUT2D eigenvalue weighted by molar-refractivity contribution is 5.78. The second-order valence-electron chi connectivity index (χ2n) is 4.85. The zero-order valence-corrected chi connectivity index (χ0v) is 10.4. The molecule has 86 valence electrons. The van der Waals surface area contributed by atoms with E-state index in [1.54, 1.807) is 11.1 Å². The quantitative estimate of drug-likeness (QED) is 0.667. The number of benzene rings is 1. The van der Waals surface area contributed by atoms with Gasteiger partial charge in [-0.3, -0.25) is 0 Å². The van der Waals surface area contributed by atoms with Crippen molar-refractivity contribution < 1.29 is 0 Å². The second-order valence-corrected chi connectivity index (χ2v) is 4.85. The minimum absolute atomic E-state index is 1.15. The van der Waals surface area contributed by atoms with Crippen molar-refractivity contribution in [1.82, 2.24) is 0 Å². The van der Waals surface area contributed by atoms with E-state index in [0.717, 1.165) is 6.42 Å². The van der Waals surface area contributed by atoms with Crippen LogP contribution >= 0.6 is 0 Å². The first kappa shape index (κ1) is 10.6. The number of hydrogen-bond donors (Lipinski definition) is 0. The third kappa shape index (κ3) is 1.88. The van der Waals surface area contributed by atoms with Gasteiger partial charge in [-0.25, -0.2) is 0 Å². The van der Waals surface area contributed by atoms with Crippen molar-refractivity contribution in [2.75, 3.05) is 0 Å². The largest absolute Gasteiger partial charge is 0.0622 e. The Bertz CT molecular complexity index is 512. The fourth-order valence-electron chi connectivity index (χ4n) is 2.84. The SMILES string of the molecule is CCC1=CC2=C(c3ccccc3)CCCC2=C1.